The highest BCUT2D eigenvalue weighted by molar-refractivity contribution is 6.61. The van der Waals surface area contributed by atoms with Crippen molar-refractivity contribution < 1.29 is 19.4 Å². The fourth-order valence-electron chi connectivity index (χ4n) is 0.0686. The van der Waals surface area contributed by atoms with Gasteiger partial charge in [-0.05, 0) is 0 Å². The third-order valence-electron chi connectivity index (χ3n) is 0.168. The van der Waals surface area contributed by atoms with E-state index in [2.05, 4.69) is 16.3 Å². The number of carbonyl (C=O) groups excluding carboxylic acids is 1. The van der Waals surface area contributed by atoms with Gasteiger partial charge in [-0.15, -0.1) is 0 Å². The van der Waals surface area contributed by atoms with Gasteiger partial charge in [0.15, 0.2) is 0 Å². The summed E-state index contributed by atoms with van der Waals surface area (Å²) in [6, 6.07) is 0. The third kappa shape index (κ3) is 5.23. The van der Waals surface area contributed by atoms with E-state index in [1.807, 2.05) is 0 Å². The molecule has 0 amide bonds. The number of rotatable bonds is 0. The molecule has 0 fully saturated rings. The second kappa shape index (κ2) is 2.41. The monoisotopic (exact) mass is 124 g/mol. The lowest BCUT2D eigenvalue weighted by Crippen LogP contribution is -2.00. The first-order valence-electron chi connectivity index (χ1n) is 1.23. The van der Waals surface area contributed by atoms with Crippen molar-refractivity contribution in [3.05, 3.63) is 0 Å². The van der Waals surface area contributed by atoms with Gasteiger partial charge in [-0.3, -0.25) is 0 Å². The molecule has 0 saturated carbocycles. The maximum atomic E-state index is 9.42. The molecule has 7 heavy (non-hydrogen) atoms. The van der Waals surface area contributed by atoms with Crippen LogP contribution in [0.2, 0.25) is 0 Å². The molecular weight excluding hydrogens is 123 g/mol. The minimum atomic E-state index is -1.69. The van der Waals surface area contributed by atoms with Gasteiger partial charge in [0.05, 0.1) is 0 Å². The first kappa shape index (κ1) is 6.23. The van der Waals surface area contributed by atoms with Gasteiger partial charge < -0.3 is 9.84 Å². The van der Waals surface area contributed by atoms with Gasteiger partial charge in [0.25, 0.3) is 0 Å². The van der Waals surface area contributed by atoms with Gasteiger partial charge in [-0.2, -0.15) is 0 Å². The molecule has 5 heteroatoms. The molecule has 0 rings (SSSR count). The van der Waals surface area contributed by atoms with E-state index >= 15 is 0 Å². The molecule has 0 heterocycles. The first-order valence-corrected chi connectivity index (χ1v) is 1.61. The Labute approximate surface area is 43.6 Å². The van der Waals surface area contributed by atoms with E-state index in [1.54, 1.807) is 0 Å². The van der Waals surface area contributed by atoms with Crippen LogP contribution >= 0.6 is 11.6 Å². The van der Waals surface area contributed by atoms with E-state index in [9.17, 15) is 9.59 Å². The normalized spacial score (nSPS) is 7.57. The average molecular weight is 124 g/mol. The molecule has 0 aliphatic rings. The molecule has 0 aromatic carbocycles. The summed E-state index contributed by atoms with van der Waals surface area (Å²) >= 11 is 4.43. The van der Waals surface area contributed by atoms with E-state index in [0.717, 1.165) is 0 Å². The largest absolute Gasteiger partial charge is 0.514 e. The molecule has 0 unspecified atom stereocenters. The minimum Gasteiger partial charge on any atom is -0.449 e. The smallest absolute Gasteiger partial charge is 0.449 e. The molecule has 0 saturated heterocycles. The van der Waals surface area contributed by atoms with Crippen LogP contribution in [0, 0.1) is 0 Å². The van der Waals surface area contributed by atoms with Crippen LogP contribution in [0.4, 0.5) is 9.59 Å². The lowest BCUT2D eigenvalue weighted by atomic mass is 11.3. The van der Waals surface area contributed by atoms with Crippen molar-refractivity contribution in [1.29, 1.82) is 0 Å². The standard InChI is InChI=1S/C2HClO4/c3-1(4)7-2(5)6/h(H,5,6). The molecule has 0 bridgehead atoms. The Morgan fingerprint density at radius 1 is 1.57 bits per heavy atom. The number of hydrogen-bond acceptors (Lipinski definition) is 3. The third-order valence-corrected chi connectivity index (χ3v) is 0.245. The van der Waals surface area contributed by atoms with Crippen molar-refractivity contribution in [1.82, 2.24) is 0 Å². The number of ether oxygens (including phenoxy) is 1. The Bertz CT molecular complexity index is 85.9. The zero-order valence-corrected chi connectivity index (χ0v) is 3.81. The quantitative estimate of drug-likeness (QED) is 0.298. The second-order valence-corrected chi connectivity index (χ2v) is 0.914. The summed E-state index contributed by atoms with van der Waals surface area (Å²) in [5.41, 5.74) is -1.34. The summed E-state index contributed by atoms with van der Waals surface area (Å²) in [6.45, 7) is 0. The van der Waals surface area contributed by atoms with Crippen molar-refractivity contribution in [3.63, 3.8) is 0 Å². The molecule has 0 aromatic rings. The zero-order valence-electron chi connectivity index (χ0n) is 3.05. The molecule has 40 valence electrons. The summed E-state index contributed by atoms with van der Waals surface area (Å²) in [6.07, 6.45) is -1.69. The van der Waals surface area contributed by atoms with Crippen LogP contribution < -0.4 is 0 Å². The van der Waals surface area contributed by atoms with Crippen LogP contribution in [0.15, 0.2) is 0 Å². The molecule has 0 aromatic heterocycles. The number of halogens is 1. The second-order valence-electron chi connectivity index (χ2n) is 0.606. The highest BCUT2D eigenvalue weighted by Crippen LogP contribution is 1.85. The Morgan fingerprint density at radius 2 is 2.00 bits per heavy atom. The van der Waals surface area contributed by atoms with Gasteiger partial charge in [0.1, 0.15) is 0 Å². The van der Waals surface area contributed by atoms with Crippen molar-refractivity contribution in [2.24, 2.45) is 0 Å². The lowest BCUT2D eigenvalue weighted by Gasteiger charge is -1.83. The Hall–Kier alpha value is -0.770. The molecule has 0 spiro atoms. The topological polar surface area (TPSA) is 63.6 Å². The van der Waals surface area contributed by atoms with E-state index in [4.69, 9.17) is 5.11 Å². The number of hydrogen-bond donors (Lipinski definition) is 1. The molecule has 4 nitrogen and oxygen atoms in total. The Kier molecular flexibility index (Phi) is 2.15. The summed E-state index contributed by atoms with van der Waals surface area (Å²) in [7, 11) is 0. The Balaban J connectivity index is 3.32. The molecule has 0 aliphatic heterocycles. The molecular formula is C2HClO4. The van der Waals surface area contributed by atoms with E-state index in [1.165, 1.54) is 0 Å². The molecule has 0 aliphatic carbocycles. The van der Waals surface area contributed by atoms with Gasteiger partial charge in [-0.25, -0.2) is 9.59 Å². The van der Waals surface area contributed by atoms with E-state index in [-0.39, 0.29) is 0 Å². The average Bonchev–Trinajstić information content (AvgIpc) is 1.27. The van der Waals surface area contributed by atoms with Crippen LogP contribution in [-0.2, 0) is 4.74 Å². The summed E-state index contributed by atoms with van der Waals surface area (Å²) in [5, 5.41) is 7.56. The van der Waals surface area contributed by atoms with Crippen LogP contribution in [0.3, 0.4) is 0 Å². The molecule has 1 N–H and O–H groups in total. The summed E-state index contributed by atoms with van der Waals surface area (Å²) in [4.78, 5) is 18.7. The van der Waals surface area contributed by atoms with Gasteiger partial charge in [-0.1, -0.05) is 0 Å². The predicted octanol–water partition coefficient (Wildman–Crippen LogP) is 1.04. The SMILES string of the molecule is O=C(O)OC(=O)Cl. The fourth-order valence-corrected chi connectivity index (χ4v) is 0.135. The summed E-state index contributed by atoms with van der Waals surface area (Å²) in [5.74, 6) is 0. The van der Waals surface area contributed by atoms with Crippen LogP contribution in [0.5, 0.6) is 0 Å². The molecule has 0 atom stereocenters. The lowest BCUT2D eigenvalue weighted by molar-refractivity contribution is 0.121. The number of carbonyl (C=O) groups is 2. The molecule has 0 radical (unpaired) electrons. The van der Waals surface area contributed by atoms with E-state index in [0.29, 0.717) is 0 Å². The highest BCUT2D eigenvalue weighted by Gasteiger charge is 2.00. The first-order chi connectivity index (χ1) is 3.13. The minimum absolute atomic E-state index is 1.34. The highest BCUT2D eigenvalue weighted by atomic mass is 35.5. The fraction of sp³-hybridized carbons (Fsp3) is 0. The number of carboxylic acid groups (broad SMARTS) is 1. The van der Waals surface area contributed by atoms with Crippen molar-refractivity contribution >= 4 is 23.2 Å². The van der Waals surface area contributed by atoms with Gasteiger partial charge in [0, 0.05) is 11.6 Å². The van der Waals surface area contributed by atoms with Gasteiger partial charge in [0.2, 0.25) is 0 Å². The predicted molar refractivity (Wildman–Crippen MR) is 20.4 cm³/mol. The van der Waals surface area contributed by atoms with Gasteiger partial charge >= 0.3 is 11.6 Å². The summed E-state index contributed by atoms with van der Waals surface area (Å²) < 4.78 is 3.29. The van der Waals surface area contributed by atoms with Crippen LogP contribution in [-0.4, -0.2) is 16.7 Å². The van der Waals surface area contributed by atoms with Crippen LogP contribution in [0.25, 0.3) is 0 Å². The van der Waals surface area contributed by atoms with Crippen molar-refractivity contribution in [2.75, 3.05) is 0 Å². The van der Waals surface area contributed by atoms with E-state index < -0.39 is 11.6 Å². The maximum absolute atomic E-state index is 9.42. The van der Waals surface area contributed by atoms with Crippen molar-refractivity contribution in [3.8, 4) is 0 Å². The van der Waals surface area contributed by atoms with Crippen molar-refractivity contribution in [2.45, 2.75) is 0 Å². The zero-order chi connectivity index (χ0) is 5.86. The Morgan fingerprint density at radius 3 is 2.00 bits per heavy atom. The van der Waals surface area contributed by atoms with Crippen LogP contribution in [0.1, 0.15) is 0 Å². The maximum Gasteiger partial charge on any atom is 0.514 e.